The summed E-state index contributed by atoms with van der Waals surface area (Å²) in [4.78, 5) is 4.03. The third kappa shape index (κ3) is 1.96. The van der Waals surface area contributed by atoms with Gasteiger partial charge in [-0.1, -0.05) is 23.2 Å². The van der Waals surface area contributed by atoms with Crippen molar-refractivity contribution in [3.05, 3.63) is 28.0 Å². The first kappa shape index (κ1) is 9.25. The van der Waals surface area contributed by atoms with E-state index < -0.39 is 0 Å². The van der Waals surface area contributed by atoms with Gasteiger partial charge in [0.1, 0.15) is 5.15 Å². The zero-order valence-electron chi connectivity index (χ0n) is 7.06. The van der Waals surface area contributed by atoms with E-state index in [1.807, 2.05) is 0 Å². The molecule has 0 radical (unpaired) electrons. The van der Waals surface area contributed by atoms with E-state index >= 15 is 0 Å². The topological polar surface area (TPSA) is 24.9 Å². The molecule has 0 unspecified atom stereocenters. The van der Waals surface area contributed by atoms with Crippen LogP contribution in [0.2, 0.25) is 10.2 Å². The minimum atomic E-state index is 0.359. The van der Waals surface area contributed by atoms with Crippen LogP contribution in [-0.2, 0) is 0 Å². The highest BCUT2D eigenvalue weighted by Crippen LogP contribution is 2.29. The van der Waals surface area contributed by atoms with Crippen LogP contribution in [0, 0.1) is 0 Å². The van der Waals surface area contributed by atoms with E-state index in [1.165, 1.54) is 6.42 Å². The summed E-state index contributed by atoms with van der Waals surface area (Å²) in [7, 11) is 0. The summed E-state index contributed by atoms with van der Waals surface area (Å²) >= 11 is 11.8. The summed E-state index contributed by atoms with van der Waals surface area (Å²) < 4.78 is 0. The van der Waals surface area contributed by atoms with Crippen molar-refractivity contribution in [3.63, 3.8) is 0 Å². The van der Waals surface area contributed by atoms with Crippen LogP contribution in [0.25, 0.3) is 0 Å². The molecule has 13 heavy (non-hydrogen) atoms. The largest absolute Gasteiger partial charge is 0.310 e. The van der Waals surface area contributed by atoms with E-state index in [-0.39, 0.29) is 0 Å². The van der Waals surface area contributed by atoms with E-state index in [2.05, 4.69) is 10.3 Å². The molecule has 0 aromatic carbocycles. The zero-order valence-corrected chi connectivity index (χ0v) is 8.57. The third-order valence-electron chi connectivity index (χ3n) is 2.28. The molecule has 2 heterocycles. The molecule has 2 rings (SSSR count). The van der Waals surface area contributed by atoms with E-state index in [4.69, 9.17) is 23.2 Å². The molecule has 1 aromatic rings. The van der Waals surface area contributed by atoms with Gasteiger partial charge in [-0.2, -0.15) is 0 Å². The van der Waals surface area contributed by atoms with Crippen molar-refractivity contribution in [2.75, 3.05) is 6.54 Å². The molecule has 1 N–H and O–H groups in total. The van der Waals surface area contributed by atoms with Crippen molar-refractivity contribution in [3.8, 4) is 0 Å². The second kappa shape index (κ2) is 3.82. The van der Waals surface area contributed by atoms with Gasteiger partial charge in [0.2, 0.25) is 0 Å². The SMILES string of the molecule is Clc1cc(Cl)c([C@H]2CCCN2)cn1. The van der Waals surface area contributed by atoms with Gasteiger partial charge in [-0.3, -0.25) is 0 Å². The molecule has 1 aliphatic heterocycles. The molecule has 1 atom stereocenters. The minimum absolute atomic E-state index is 0.359. The second-order valence-corrected chi connectivity index (χ2v) is 3.97. The molecule has 0 spiro atoms. The van der Waals surface area contributed by atoms with Gasteiger partial charge >= 0.3 is 0 Å². The van der Waals surface area contributed by atoms with Crippen LogP contribution in [0.1, 0.15) is 24.4 Å². The standard InChI is InChI=1S/C9H10Cl2N2/c10-7-4-9(11)13-5-6(7)8-2-1-3-12-8/h4-5,8,12H,1-3H2/t8-/m1/s1. The second-order valence-electron chi connectivity index (χ2n) is 3.18. The average Bonchev–Trinajstić information content (AvgIpc) is 2.56. The van der Waals surface area contributed by atoms with E-state index in [1.54, 1.807) is 12.3 Å². The maximum Gasteiger partial charge on any atom is 0.130 e. The Morgan fingerprint density at radius 1 is 1.46 bits per heavy atom. The van der Waals surface area contributed by atoms with Crippen molar-refractivity contribution in [2.24, 2.45) is 0 Å². The van der Waals surface area contributed by atoms with Crippen LogP contribution < -0.4 is 5.32 Å². The predicted molar refractivity (Wildman–Crippen MR) is 54.2 cm³/mol. The fourth-order valence-electron chi connectivity index (χ4n) is 1.62. The summed E-state index contributed by atoms with van der Waals surface area (Å²) in [5, 5.41) is 4.52. The van der Waals surface area contributed by atoms with Crippen molar-refractivity contribution in [1.82, 2.24) is 10.3 Å². The maximum absolute atomic E-state index is 6.05. The Morgan fingerprint density at radius 2 is 2.31 bits per heavy atom. The van der Waals surface area contributed by atoms with Crippen molar-refractivity contribution < 1.29 is 0 Å². The first-order valence-corrected chi connectivity index (χ1v) is 5.07. The Balaban J connectivity index is 2.29. The number of nitrogens with one attached hydrogen (secondary N) is 1. The zero-order chi connectivity index (χ0) is 9.26. The minimum Gasteiger partial charge on any atom is -0.310 e. The molecular weight excluding hydrogens is 207 g/mol. The monoisotopic (exact) mass is 216 g/mol. The fraction of sp³-hybridized carbons (Fsp3) is 0.444. The molecule has 1 aliphatic rings. The van der Waals surface area contributed by atoms with Gasteiger partial charge in [-0.25, -0.2) is 4.98 Å². The lowest BCUT2D eigenvalue weighted by atomic mass is 10.1. The Bertz CT molecular complexity index is 308. The van der Waals surface area contributed by atoms with Gasteiger partial charge in [0.25, 0.3) is 0 Å². The summed E-state index contributed by atoms with van der Waals surface area (Å²) in [5.41, 5.74) is 1.06. The van der Waals surface area contributed by atoms with E-state index in [9.17, 15) is 0 Å². The van der Waals surface area contributed by atoms with Crippen molar-refractivity contribution in [1.29, 1.82) is 0 Å². The Labute approximate surface area is 87.3 Å². The highest BCUT2D eigenvalue weighted by Gasteiger charge is 2.18. The highest BCUT2D eigenvalue weighted by atomic mass is 35.5. The normalized spacial score (nSPS) is 22.2. The summed E-state index contributed by atoms with van der Waals surface area (Å²) in [6, 6.07) is 2.05. The van der Waals surface area contributed by atoms with Crippen LogP contribution in [-0.4, -0.2) is 11.5 Å². The van der Waals surface area contributed by atoms with Gasteiger partial charge < -0.3 is 5.32 Å². The fourth-order valence-corrected chi connectivity index (χ4v) is 2.12. The summed E-state index contributed by atoms with van der Waals surface area (Å²) in [5.74, 6) is 0. The number of pyridine rings is 1. The lowest BCUT2D eigenvalue weighted by Crippen LogP contribution is -2.13. The molecule has 0 saturated carbocycles. The third-order valence-corrected chi connectivity index (χ3v) is 2.82. The molecule has 2 nitrogen and oxygen atoms in total. The smallest absolute Gasteiger partial charge is 0.130 e. The van der Waals surface area contributed by atoms with Gasteiger partial charge in [0, 0.05) is 22.8 Å². The Hall–Kier alpha value is -0.310. The number of hydrogen-bond acceptors (Lipinski definition) is 2. The van der Waals surface area contributed by atoms with E-state index in [0.717, 1.165) is 18.5 Å². The molecule has 4 heteroatoms. The lowest BCUT2D eigenvalue weighted by molar-refractivity contribution is 0.645. The molecule has 1 aromatic heterocycles. The number of halogens is 2. The average molecular weight is 217 g/mol. The molecule has 0 aliphatic carbocycles. The van der Waals surface area contributed by atoms with Gasteiger partial charge in [-0.15, -0.1) is 0 Å². The number of aromatic nitrogens is 1. The molecule has 0 bridgehead atoms. The number of rotatable bonds is 1. The van der Waals surface area contributed by atoms with Crippen molar-refractivity contribution >= 4 is 23.2 Å². The number of hydrogen-bond donors (Lipinski definition) is 1. The van der Waals surface area contributed by atoms with Gasteiger partial charge in [0.15, 0.2) is 0 Å². The van der Waals surface area contributed by atoms with Crippen LogP contribution in [0.5, 0.6) is 0 Å². The van der Waals surface area contributed by atoms with E-state index in [0.29, 0.717) is 16.2 Å². The molecule has 1 fully saturated rings. The van der Waals surface area contributed by atoms with Gasteiger partial charge in [-0.05, 0) is 25.5 Å². The van der Waals surface area contributed by atoms with Crippen LogP contribution >= 0.6 is 23.2 Å². The Kier molecular flexibility index (Phi) is 2.72. The van der Waals surface area contributed by atoms with Crippen molar-refractivity contribution in [2.45, 2.75) is 18.9 Å². The summed E-state index contributed by atoms with van der Waals surface area (Å²) in [6.45, 7) is 1.06. The highest BCUT2D eigenvalue weighted by molar-refractivity contribution is 6.34. The first-order chi connectivity index (χ1) is 6.27. The first-order valence-electron chi connectivity index (χ1n) is 4.31. The maximum atomic E-state index is 6.05. The Morgan fingerprint density at radius 3 is 2.92 bits per heavy atom. The molecule has 70 valence electrons. The van der Waals surface area contributed by atoms with Crippen LogP contribution in [0.3, 0.4) is 0 Å². The lowest BCUT2D eigenvalue weighted by Gasteiger charge is -2.11. The molecule has 0 amide bonds. The predicted octanol–water partition coefficient (Wildman–Crippen LogP) is 2.81. The van der Waals surface area contributed by atoms with Crippen LogP contribution in [0.4, 0.5) is 0 Å². The number of nitrogens with zero attached hydrogens (tertiary/aromatic N) is 1. The molecular formula is C9H10Cl2N2. The molecule has 1 saturated heterocycles. The van der Waals surface area contributed by atoms with Gasteiger partial charge in [0.05, 0.1) is 0 Å². The quantitative estimate of drug-likeness (QED) is 0.731. The van der Waals surface area contributed by atoms with Crippen LogP contribution in [0.15, 0.2) is 12.3 Å². The summed E-state index contributed by atoms with van der Waals surface area (Å²) in [6.07, 6.45) is 4.08.